The Labute approximate surface area is 167 Å². The first-order valence-electron chi connectivity index (χ1n) is 9.55. The van der Waals surface area contributed by atoms with E-state index in [9.17, 15) is 4.79 Å². The van der Waals surface area contributed by atoms with Crippen LogP contribution in [0.5, 0.6) is 0 Å². The van der Waals surface area contributed by atoms with Crippen LogP contribution in [-0.2, 0) is 16.8 Å². The Bertz CT molecular complexity index is 806. The van der Waals surface area contributed by atoms with Crippen LogP contribution in [0.15, 0.2) is 28.8 Å². The highest BCUT2D eigenvalue weighted by atomic mass is 16.6. The quantitative estimate of drug-likeness (QED) is 0.782. The minimum atomic E-state index is -0.824. The average Bonchev–Trinajstić information content (AvgIpc) is 3.00. The fourth-order valence-corrected chi connectivity index (χ4v) is 2.76. The van der Waals surface area contributed by atoms with E-state index in [4.69, 9.17) is 9.26 Å². The number of aryl methyl sites for hydroxylation is 1. The van der Waals surface area contributed by atoms with Gasteiger partial charge < -0.3 is 19.5 Å². The summed E-state index contributed by atoms with van der Waals surface area (Å²) in [5.74, 6) is 0.896. The zero-order chi connectivity index (χ0) is 21.1. The number of alkyl carbamates (subject to hydrolysis) is 1. The summed E-state index contributed by atoms with van der Waals surface area (Å²) in [6.45, 7) is 15.9. The number of amides is 1. The maximum atomic E-state index is 12.1. The Morgan fingerprint density at radius 1 is 1.21 bits per heavy atom. The Morgan fingerprint density at radius 3 is 2.43 bits per heavy atom. The van der Waals surface area contributed by atoms with E-state index in [-0.39, 0.29) is 6.04 Å². The fourth-order valence-electron chi connectivity index (χ4n) is 2.76. The standard InChI is InChI=1S/C21H32N4O3/c1-14(2)25(16-12-10-9-11-15(16)3)13-17-22-18(24-28-17)21(7,8)23-19(26)27-20(4,5)6/h9-12,14H,13H2,1-8H3,(H,23,26). The smallest absolute Gasteiger partial charge is 0.408 e. The summed E-state index contributed by atoms with van der Waals surface area (Å²) in [6.07, 6.45) is -0.521. The van der Waals surface area contributed by atoms with Gasteiger partial charge in [0.15, 0.2) is 5.82 Å². The number of nitrogens with one attached hydrogen (secondary N) is 1. The van der Waals surface area contributed by atoms with Crippen molar-refractivity contribution in [2.45, 2.75) is 79.1 Å². The molecule has 7 nitrogen and oxygen atoms in total. The van der Waals surface area contributed by atoms with Gasteiger partial charge in [-0.05, 0) is 67.0 Å². The molecule has 7 heteroatoms. The number of nitrogens with zero attached hydrogens (tertiary/aromatic N) is 3. The molecule has 1 amide bonds. The lowest BCUT2D eigenvalue weighted by Crippen LogP contribution is -2.44. The summed E-state index contributed by atoms with van der Waals surface area (Å²) in [5, 5.41) is 6.88. The number of aromatic nitrogens is 2. The van der Waals surface area contributed by atoms with Gasteiger partial charge in [-0.25, -0.2) is 4.79 Å². The minimum absolute atomic E-state index is 0.254. The number of rotatable bonds is 6. The molecule has 0 bridgehead atoms. The van der Waals surface area contributed by atoms with Crippen molar-refractivity contribution < 1.29 is 14.1 Å². The molecule has 1 heterocycles. The van der Waals surface area contributed by atoms with Crippen LogP contribution < -0.4 is 10.2 Å². The van der Waals surface area contributed by atoms with E-state index >= 15 is 0 Å². The molecule has 0 fully saturated rings. The molecule has 0 saturated carbocycles. The lowest BCUT2D eigenvalue weighted by atomic mass is 10.1. The molecule has 28 heavy (non-hydrogen) atoms. The second-order valence-electron chi connectivity index (χ2n) is 8.77. The van der Waals surface area contributed by atoms with Crippen molar-refractivity contribution in [1.29, 1.82) is 0 Å². The zero-order valence-electron chi connectivity index (χ0n) is 18.2. The van der Waals surface area contributed by atoms with Crippen LogP contribution in [-0.4, -0.2) is 27.9 Å². The van der Waals surface area contributed by atoms with Crippen molar-refractivity contribution >= 4 is 11.8 Å². The molecule has 0 aliphatic heterocycles. The predicted molar refractivity (Wildman–Crippen MR) is 109 cm³/mol. The van der Waals surface area contributed by atoms with Gasteiger partial charge in [-0.2, -0.15) is 4.98 Å². The molecule has 0 spiro atoms. The van der Waals surface area contributed by atoms with E-state index in [1.165, 1.54) is 5.56 Å². The molecular weight excluding hydrogens is 356 g/mol. The zero-order valence-corrected chi connectivity index (χ0v) is 18.2. The first-order valence-corrected chi connectivity index (χ1v) is 9.55. The molecule has 0 saturated heterocycles. The number of ether oxygens (including phenoxy) is 1. The molecule has 2 rings (SSSR count). The van der Waals surface area contributed by atoms with Crippen molar-refractivity contribution in [2.75, 3.05) is 4.90 Å². The van der Waals surface area contributed by atoms with Crippen molar-refractivity contribution in [3.63, 3.8) is 0 Å². The second-order valence-corrected chi connectivity index (χ2v) is 8.77. The maximum Gasteiger partial charge on any atom is 0.408 e. The fraction of sp³-hybridized carbons (Fsp3) is 0.571. The largest absolute Gasteiger partial charge is 0.444 e. The number of carbonyl (C=O) groups excluding carboxylic acids is 1. The minimum Gasteiger partial charge on any atom is -0.444 e. The molecular formula is C21H32N4O3. The summed E-state index contributed by atoms with van der Waals surface area (Å²) in [7, 11) is 0. The molecule has 0 aliphatic carbocycles. The van der Waals surface area contributed by atoms with Gasteiger partial charge in [0, 0.05) is 11.7 Å². The number of benzene rings is 1. The van der Waals surface area contributed by atoms with Crippen LogP contribution in [0.3, 0.4) is 0 Å². The number of hydrogen-bond acceptors (Lipinski definition) is 6. The van der Waals surface area contributed by atoms with E-state index in [0.29, 0.717) is 18.3 Å². The summed E-state index contributed by atoms with van der Waals surface area (Å²) in [6, 6.07) is 8.46. The van der Waals surface area contributed by atoms with Crippen molar-refractivity contribution in [3.8, 4) is 0 Å². The van der Waals surface area contributed by atoms with Crippen LogP contribution in [0.25, 0.3) is 0 Å². The average molecular weight is 389 g/mol. The van der Waals surface area contributed by atoms with Crippen LogP contribution >= 0.6 is 0 Å². The highest BCUT2D eigenvalue weighted by molar-refractivity contribution is 5.68. The molecule has 1 aromatic carbocycles. The predicted octanol–water partition coefficient (Wildman–Crippen LogP) is 4.55. The van der Waals surface area contributed by atoms with E-state index in [1.807, 2.05) is 46.8 Å². The third-order valence-corrected chi connectivity index (χ3v) is 4.19. The van der Waals surface area contributed by atoms with Crippen LogP contribution in [0.1, 0.15) is 65.7 Å². The lowest BCUT2D eigenvalue weighted by Gasteiger charge is -2.29. The first kappa shape index (κ1) is 21.7. The highest BCUT2D eigenvalue weighted by Gasteiger charge is 2.31. The third-order valence-electron chi connectivity index (χ3n) is 4.19. The number of anilines is 1. The molecule has 0 unspecified atom stereocenters. The summed E-state index contributed by atoms with van der Waals surface area (Å²) in [4.78, 5) is 18.8. The summed E-state index contributed by atoms with van der Waals surface area (Å²) >= 11 is 0. The van der Waals surface area contributed by atoms with Crippen LogP contribution in [0.4, 0.5) is 10.5 Å². The second kappa shape index (κ2) is 8.20. The van der Waals surface area contributed by atoms with Gasteiger partial charge in [0.25, 0.3) is 0 Å². The van der Waals surface area contributed by atoms with Gasteiger partial charge in [-0.15, -0.1) is 0 Å². The highest BCUT2D eigenvalue weighted by Crippen LogP contribution is 2.25. The van der Waals surface area contributed by atoms with Crippen molar-refractivity contribution in [1.82, 2.24) is 15.5 Å². The van der Waals surface area contributed by atoms with E-state index in [0.717, 1.165) is 5.69 Å². The molecule has 2 aromatic rings. The van der Waals surface area contributed by atoms with Gasteiger partial charge >= 0.3 is 6.09 Å². The van der Waals surface area contributed by atoms with Crippen molar-refractivity contribution in [3.05, 3.63) is 41.5 Å². The number of carbonyl (C=O) groups is 1. The van der Waals surface area contributed by atoms with E-state index in [1.54, 1.807) is 0 Å². The van der Waals surface area contributed by atoms with Crippen LogP contribution in [0.2, 0.25) is 0 Å². The Kier molecular flexibility index (Phi) is 6.37. The normalized spacial score (nSPS) is 12.2. The SMILES string of the molecule is Cc1ccccc1N(Cc1nc(C(C)(C)NC(=O)OC(C)(C)C)no1)C(C)C. The molecule has 0 aliphatic rings. The number of hydrogen-bond donors (Lipinski definition) is 1. The summed E-state index contributed by atoms with van der Waals surface area (Å²) in [5.41, 5.74) is 0.912. The maximum absolute atomic E-state index is 12.1. The molecule has 0 radical (unpaired) electrons. The van der Waals surface area contributed by atoms with Gasteiger partial charge in [-0.1, -0.05) is 23.4 Å². The molecule has 1 aromatic heterocycles. The third kappa shape index (κ3) is 5.71. The molecule has 1 N–H and O–H groups in total. The van der Waals surface area contributed by atoms with Crippen molar-refractivity contribution in [2.24, 2.45) is 0 Å². The first-order chi connectivity index (χ1) is 12.9. The van der Waals surface area contributed by atoms with E-state index < -0.39 is 17.2 Å². The Morgan fingerprint density at radius 2 is 1.86 bits per heavy atom. The molecule has 154 valence electrons. The summed E-state index contributed by atoms with van der Waals surface area (Å²) < 4.78 is 10.8. The Hall–Kier alpha value is -2.57. The van der Waals surface area contributed by atoms with Gasteiger partial charge in [0.2, 0.25) is 5.89 Å². The molecule has 0 atom stereocenters. The monoisotopic (exact) mass is 388 g/mol. The lowest BCUT2D eigenvalue weighted by molar-refractivity contribution is 0.0465. The van der Waals surface area contributed by atoms with Gasteiger partial charge in [0.05, 0.1) is 6.54 Å². The number of para-hydroxylation sites is 1. The topological polar surface area (TPSA) is 80.5 Å². The van der Waals surface area contributed by atoms with Gasteiger partial charge in [-0.3, -0.25) is 0 Å². The Balaban J connectivity index is 2.15. The van der Waals surface area contributed by atoms with E-state index in [2.05, 4.69) is 53.3 Å². The van der Waals surface area contributed by atoms with Gasteiger partial charge in [0.1, 0.15) is 11.1 Å². The van der Waals surface area contributed by atoms with Crippen LogP contribution in [0, 0.1) is 6.92 Å².